The van der Waals surface area contributed by atoms with E-state index in [1.165, 1.54) is 16.8 Å². The molecule has 1 fully saturated rings. The molecule has 0 bridgehead atoms. The Kier molecular flexibility index (Phi) is 5.58. The predicted molar refractivity (Wildman–Crippen MR) is 97.5 cm³/mol. The highest BCUT2D eigenvalue weighted by Crippen LogP contribution is 2.36. The minimum atomic E-state index is -0.833. The number of likely N-dealkylation sites (tertiary alicyclic amines) is 1. The molecule has 1 atom stereocenters. The highest BCUT2D eigenvalue weighted by Gasteiger charge is 2.45. The molecule has 0 aliphatic carbocycles. The van der Waals surface area contributed by atoms with Crippen molar-refractivity contribution in [3.63, 3.8) is 0 Å². The van der Waals surface area contributed by atoms with Gasteiger partial charge in [0.2, 0.25) is 0 Å². The molecule has 0 radical (unpaired) electrons. The van der Waals surface area contributed by atoms with E-state index in [-0.39, 0.29) is 30.8 Å². The summed E-state index contributed by atoms with van der Waals surface area (Å²) in [5.74, 6) is -0.778. The Morgan fingerprint density at radius 2 is 2.00 bits per heavy atom. The van der Waals surface area contributed by atoms with Crippen LogP contribution in [0.5, 0.6) is 0 Å². The number of ether oxygens (including phenoxy) is 1. The fraction of sp³-hybridized carbons (Fsp3) is 0.450. The summed E-state index contributed by atoms with van der Waals surface area (Å²) in [5, 5.41) is 4.05. The van der Waals surface area contributed by atoms with Crippen LogP contribution in [0.25, 0.3) is 0 Å². The highest BCUT2D eigenvalue weighted by molar-refractivity contribution is 5.93. The molecule has 27 heavy (non-hydrogen) atoms. The first-order chi connectivity index (χ1) is 12.9. The number of piperidine rings is 1. The standard InChI is InChI=1S/C20H24FN3O3/c1-3-27-19(26)20(13-15-5-7-16(21)8-6-15)10-4-12-24(14-20)18(25)17-9-11-22-23(17)2/h5-9,11H,3-4,10,12-14H2,1-2H3. The summed E-state index contributed by atoms with van der Waals surface area (Å²) in [7, 11) is 1.72. The number of aryl methyl sites for hydroxylation is 1. The van der Waals surface area contributed by atoms with Crippen LogP contribution in [0.15, 0.2) is 36.5 Å². The minimum Gasteiger partial charge on any atom is -0.466 e. The third kappa shape index (κ3) is 4.02. The van der Waals surface area contributed by atoms with Gasteiger partial charge >= 0.3 is 5.97 Å². The highest BCUT2D eigenvalue weighted by atomic mass is 19.1. The molecule has 1 aromatic carbocycles. The maximum Gasteiger partial charge on any atom is 0.314 e. The SMILES string of the molecule is CCOC(=O)C1(Cc2ccc(F)cc2)CCCN(C(=O)c2ccnn2C)C1. The summed E-state index contributed by atoms with van der Waals surface area (Å²) in [4.78, 5) is 27.5. The van der Waals surface area contributed by atoms with E-state index >= 15 is 0 Å². The van der Waals surface area contributed by atoms with E-state index in [4.69, 9.17) is 4.74 Å². The molecule has 6 nitrogen and oxygen atoms in total. The summed E-state index contributed by atoms with van der Waals surface area (Å²) >= 11 is 0. The monoisotopic (exact) mass is 373 g/mol. The Morgan fingerprint density at radius 1 is 1.26 bits per heavy atom. The van der Waals surface area contributed by atoms with Gasteiger partial charge in [-0.15, -0.1) is 0 Å². The summed E-state index contributed by atoms with van der Waals surface area (Å²) in [5.41, 5.74) is 0.496. The van der Waals surface area contributed by atoms with Gasteiger partial charge in [-0.25, -0.2) is 4.39 Å². The average molecular weight is 373 g/mol. The maximum absolute atomic E-state index is 13.3. The topological polar surface area (TPSA) is 64.4 Å². The van der Waals surface area contributed by atoms with Gasteiger partial charge < -0.3 is 9.64 Å². The molecule has 2 aromatic rings. The number of hydrogen-bond donors (Lipinski definition) is 0. The van der Waals surface area contributed by atoms with Crippen LogP contribution in [0, 0.1) is 11.2 Å². The molecule has 1 aliphatic heterocycles. The van der Waals surface area contributed by atoms with Crippen molar-refractivity contribution in [3.05, 3.63) is 53.6 Å². The molecule has 1 saturated heterocycles. The van der Waals surface area contributed by atoms with Crippen LogP contribution in [0.1, 0.15) is 35.8 Å². The first-order valence-corrected chi connectivity index (χ1v) is 9.14. The molecule has 7 heteroatoms. The molecule has 1 aromatic heterocycles. The van der Waals surface area contributed by atoms with Crippen molar-refractivity contribution < 1.29 is 18.7 Å². The second-order valence-corrected chi connectivity index (χ2v) is 6.97. The van der Waals surface area contributed by atoms with Gasteiger partial charge in [0.15, 0.2) is 0 Å². The average Bonchev–Trinajstić information content (AvgIpc) is 3.09. The number of carbonyl (C=O) groups excluding carboxylic acids is 2. The number of nitrogens with zero attached hydrogens (tertiary/aromatic N) is 3. The zero-order valence-electron chi connectivity index (χ0n) is 15.7. The van der Waals surface area contributed by atoms with Crippen LogP contribution in [-0.2, 0) is 23.0 Å². The van der Waals surface area contributed by atoms with Gasteiger partial charge in [0.1, 0.15) is 11.5 Å². The van der Waals surface area contributed by atoms with E-state index in [2.05, 4.69) is 5.10 Å². The quantitative estimate of drug-likeness (QED) is 0.756. The number of aromatic nitrogens is 2. The number of rotatable bonds is 5. The number of amides is 1. The Morgan fingerprint density at radius 3 is 2.63 bits per heavy atom. The lowest BCUT2D eigenvalue weighted by Gasteiger charge is -2.41. The van der Waals surface area contributed by atoms with Crippen LogP contribution in [-0.4, -0.2) is 46.3 Å². The van der Waals surface area contributed by atoms with Crippen LogP contribution < -0.4 is 0 Å². The third-order valence-electron chi connectivity index (χ3n) is 5.07. The lowest BCUT2D eigenvalue weighted by atomic mass is 9.75. The lowest BCUT2D eigenvalue weighted by molar-refractivity contribution is -0.158. The van der Waals surface area contributed by atoms with Gasteiger partial charge in [0.05, 0.1) is 12.0 Å². The largest absolute Gasteiger partial charge is 0.466 e. The first-order valence-electron chi connectivity index (χ1n) is 9.14. The van der Waals surface area contributed by atoms with Crippen molar-refractivity contribution >= 4 is 11.9 Å². The predicted octanol–water partition coefficient (Wildman–Crippen LogP) is 2.59. The van der Waals surface area contributed by atoms with Gasteiger partial charge in [-0.05, 0) is 49.9 Å². The molecular formula is C20H24FN3O3. The Hall–Kier alpha value is -2.70. The fourth-order valence-electron chi connectivity index (χ4n) is 3.71. The molecule has 0 N–H and O–H groups in total. The van der Waals surface area contributed by atoms with E-state index in [9.17, 15) is 14.0 Å². The zero-order chi connectivity index (χ0) is 19.4. The normalized spacial score (nSPS) is 19.7. The van der Waals surface area contributed by atoms with E-state index in [1.807, 2.05) is 0 Å². The third-order valence-corrected chi connectivity index (χ3v) is 5.07. The van der Waals surface area contributed by atoms with Gasteiger partial charge in [-0.1, -0.05) is 12.1 Å². The molecule has 0 spiro atoms. The first kappa shape index (κ1) is 19.1. The van der Waals surface area contributed by atoms with Crippen molar-refractivity contribution in [2.24, 2.45) is 12.5 Å². The summed E-state index contributed by atoms with van der Waals surface area (Å²) in [6.07, 6.45) is 3.30. The summed E-state index contributed by atoms with van der Waals surface area (Å²) < 4.78 is 20.1. The van der Waals surface area contributed by atoms with Crippen molar-refractivity contribution in [2.45, 2.75) is 26.2 Å². The van der Waals surface area contributed by atoms with Crippen molar-refractivity contribution in [1.29, 1.82) is 0 Å². The Bertz CT molecular complexity index is 818. The molecule has 2 heterocycles. The van der Waals surface area contributed by atoms with E-state index < -0.39 is 5.41 Å². The molecule has 0 saturated carbocycles. The second-order valence-electron chi connectivity index (χ2n) is 6.97. The molecular weight excluding hydrogens is 349 g/mol. The molecule has 1 unspecified atom stereocenters. The number of halogens is 1. The van der Waals surface area contributed by atoms with E-state index in [0.29, 0.717) is 31.5 Å². The number of esters is 1. The fourth-order valence-corrected chi connectivity index (χ4v) is 3.71. The van der Waals surface area contributed by atoms with Crippen LogP contribution in [0.4, 0.5) is 4.39 Å². The maximum atomic E-state index is 13.3. The van der Waals surface area contributed by atoms with Crippen LogP contribution >= 0.6 is 0 Å². The van der Waals surface area contributed by atoms with Crippen molar-refractivity contribution in [3.8, 4) is 0 Å². The number of hydrogen-bond acceptors (Lipinski definition) is 4. The van der Waals surface area contributed by atoms with Gasteiger partial charge in [0.25, 0.3) is 5.91 Å². The summed E-state index contributed by atoms with van der Waals surface area (Å²) in [6, 6.07) is 7.80. The van der Waals surface area contributed by atoms with Crippen LogP contribution in [0.3, 0.4) is 0 Å². The molecule has 1 aliphatic rings. The number of carbonyl (C=O) groups is 2. The minimum absolute atomic E-state index is 0.150. The second kappa shape index (κ2) is 7.90. The zero-order valence-corrected chi connectivity index (χ0v) is 15.7. The van der Waals surface area contributed by atoms with Crippen molar-refractivity contribution in [1.82, 2.24) is 14.7 Å². The summed E-state index contributed by atoms with van der Waals surface area (Å²) in [6.45, 7) is 2.90. The van der Waals surface area contributed by atoms with Gasteiger partial charge in [0, 0.05) is 26.3 Å². The Labute approximate surface area is 157 Å². The number of benzene rings is 1. The van der Waals surface area contributed by atoms with E-state index in [1.54, 1.807) is 43.3 Å². The van der Waals surface area contributed by atoms with Gasteiger partial charge in [-0.2, -0.15) is 5.10 Å². The van der Waals surface area contributed by atoms with Crippen LogP contribution in [0.2, 0.25) is 0 Å². The lowest BCUT2D eigenvalue weighted by Crippen LogP contribution is -2.52. The molecule has 3 rings (SSSR count). The van der Waals surface area contributed by atoms with E-state index in [0.717, 1.165) is 5.56 Å². The smallest absolute Gasteiger partial charge is 0.314 e. The molecule has 1 amide bonds. The molecule has 144 valence electrons. The Balaban J connectivity index is 1.87. The van der Waals surface area contributed by atoms with Gasteiger partial charge in [-0.3, -0.25) is 14.3 Å². The van der Waals surface area contributed by atoms with Crippen molar-refractivity contribution in [2.75, 3.05) is 19.7 Å².